The van der Waals surface area contributed by atoms with Crippen molar-refractivity contribution in [2.75, 3.05) is 0 Å². The number of nitrogens with zero attached hydrogens (tertiary/aromatic N) is 1. The quantitative estimate of drug-likeness (QED) is 0.634. The number of rotatable bonds is 5. The number of aromatic nitrogens is 2. The summed E-state index contributed by atoms with van der Waals surface area (Å²) in [6.45, 7) is 7.85. The SMILES string of the molecule is C=C(NNC(=O)c1cc(C(C)C)[nH]n1)c1ccc(O)cc1. The van der Waals surface area contributed by atoms with E-state index in [0.29, 0.717) is 11.4 Å². The number of hydrazine groups is 1. The fourth-order valence-electron chi connectivity index (χ4n) is 1.68. The van der Waals surface area contributed by atoms with Crippen LogP contribution in [-0.4, -0.2) is 21.2 Å². The van der Waals surface area contributed by atoms with Crippen molar-refractivity contribution in [3.05, 3.63) is 53.9 Å². The van der Waals surface area contributed by atoms with Crippen molar-refractivity contribution < 1.29 is 9.90 Å². The molecule has 1 aromatic heterocycles. The standard InChI is InChI=1S/C15H18N4O2/c1-9(2)13-8-14(18-17-13)15(21)19-16-10(3)11-4-6-12(20)7-5-11/h4-9,16,20H,3H2,1-2H3,(H,17,18)(H,19,21). The zero-order valence-corrected chi connectivity index (χ0v) is 12.0. The molecule has 21 heavy (non-hydrogen) atoms. The highest BCUT2D eigenvalue weighted by Crippen LogP contribution is 2.14. The predicted molar refractivity (Wildman–Crippen MR) is 80.4 cm³/mol. The number of amides is 1. The van der Waals surface area contributed by atoms with Crippen molar-refractivity contribution in [1.29, 1.82) is 0 Å². The molecule has 0 saturated carbocycles. The van der Waals surface area contributed by atoms with Gasteiger partial charge in [-0.3, -0.25) is 20.7 Å². The number of hydrogen-bond donors (Lipinski definition) is 4. The summed E-state index contributed by atoms with van der Waals surface area (Å²) in [5.41, 5.74) is 7.75. The molecule has 1 amide bonds. The molecule has 0 saturated heterocycles. The lowest BCUT2D eigenvalue weighted by atomic mass is 10.1. The molecule has 2 rings (SSSR count). The first kappa shape index (κ1) is 14.6. The number of nitrogens with one attached hydrogen (secondary N) is 3. The molecule has 0 atom stereocenters. The number of carbonyl (C=O) groups is 1. The minimum Gasteiger partial charge on any atom is -0.508 e. The lowest BCUT2D eigenvalue weighted by molar-refractivity contribution is 0.0937. The molecule has 0 bridgehead atoms. The fourth-order valence-corrected chi connectivity index (χ4v) is 1.68. The summed E-state index contributed by atoms with van der Waals surface area (Å²) in [4.78, 5) is 11.9. The predicted octanol–water partition coefficient (Wildman–Crippen LogP) is 2.14. The maximum atomic E-state index is 11.9. The smallest absolute Gasteiger partial charge is 0.290 e. The molecule has 4 N–H and O–H groups in total. The number of benzene rings is 1. The van der Waals surface area contributed by atoms with Gasteiger partial charge in [0.05, 0.1) is 5.70 Å². The van der Waals surface area contributed by atoms with E-state index >= 15 is 0 Å². The number of aromatic amines is 1. The zero-order chi connectivity index (χ0) is 15.4. The van der Waals surface area contributed by atoms with E-state index in [0.717, 1.165) is 11.3 Å². The van der Waals surface area contributed by atoms with Crippen molar-refractivity contribution in [1.82, 2.24) is 21.0 Å². The Bertz CT molecular complexity index is 644. The van der Waals surface area contributed by atoms with Gasteiger partial charge in [-0.05, 0) is 41.8 Å². The third-order valence-corrected chi connectivity index (χ3v) is 3.00. The Morgan fingerprint density at radius 3 is 2.52 bits per heavy atom. The number of carbonyl (C=O) groups excluding carboxylic acids is 1. The summed E-state index contributed by atoms with van der Waals surface area (Å²) in [6.07, 6.45) is 0. The second kappa shape index (κ2) is 6.13. The van der Waals surface area contributed by atoms with E-state index in [-0.39, 0.29) is 17.6 Å². The molecule has 0 fully saturated rings. The van der Waals surface area contributed by atoms with Gasteiger partial charge in [0.15, 0.2) is 5.69 Å². The Labute approximate surface area is 122 Å². The summed E-state index contributed by atoms with van der Waals surface area (Å²) < 4.78 is 0. The van der Waals surface area contributed by atoms with E-state index in [1.165, 1.54) is 0 Å². The first-order chi connectivity index (χ1) is 9.97. The maximum absolute atomic E-state index is 11.9. The summed E-state index contributed by atoms with van der Waals surface area (Å²) in [5, 5.41) is 16.0. The molecule has 0 aliphatic heterocycles. The van der Waals surface area contributed by atoms with Crippen molar-refractivity contribution in [2.24, 2.45) is 0 Å². The number of phenolic OH excluding ortho intramolecular Hbond substituents is 1. The maximum Gasteiger partial charge on any atom is 0.290 e. The molecule has 0 unspecified atom stereocenters. The van der Waals surface area contributed by atoms with Crippen molar-refractivity contribution in [2.45, 2.75) is 19.8 Å². The second-order valence-electron chi connectivity index (χ2n) is 4.97. The van der Waals surface area contributed by atoms with Crippen LogP contribution < -0.4 is 10.9 Å². The second-order valence-corrected chi connectivity index (χ2v) is 4.97. The van der Waals surface area contributed by atoms with E-state index in [2.05, 4.69) is 27.6 Å². The molecule has 0 radical (unpaired) electrons. The largest absolute Gasteiger partial charge is 0.508 e. The summed E-state index contributed by atoms with van der Waals surface area (Å²) in [7, 11) is 0. The van der Waals surface area contributed by atoms with Gasteiger partial charge in [0.25, 0.3) is 5.91 Å². The van der Waals surface area contributed by atoms with Crippen molar-refractivity contribution in [3.8, 4) is 5.75 Å². The van der Waals surface area contributed by atoms with Gasteiger partial charge in [-0.2, -0.15) is 5.10 Å². The van der Waals surface area contributed by atoms with Gasteiger partial charge in [-0.15, -0.1) is 0 Å². The summed E-state index contributed by atoms with van der Waals surface area (Å²) in [6, 6.07) is 8.20. The van der Waals surface area contributed by atoms with Gasteiger partial charge in [0, 0.05) is 5.69 Å². The Hall–Kier alpha value is -2.76. The normalized spacial score (nSPS) is 10.4. The van der Waals surface area contributed by atoms with E-state index < -0.39 is 0 Å². The highest BCUT2D eigenvalue weighted by molar-refractivity contribution is 5.92. The van der Waals surface area contributed by atoms with Gasteiger partial charge in [-0.1, -0.05) is 20.4 Å². The summed E-state index contributed by atoms with van der Waals surface area (Å²) in [5.74, 6) is 0.102. The summed E-state index contributed by atoms with van der Waals surface area (Å²) >= 11 is 0. The van der Waals surface area contributed by atoms with E-state index in [1.807, 2.05) is 13.8 Å². The third kappa shape index (κ3) is 3.62. The average molecular weight is 286 g/mol. The first-order valence-electron chi connectivity index (χ1n) is 6.57. The highest BCUT2D eigenvalue weighted by Gasteiger charge is 2.12. The lowest BCUT2D eigenvalue weighted by Crippen LogP contribution is -2.36. The van der Waals surface area contributed by atoms with Crippen LogP contribution >= 0.6 is 0 Å². The topological polar surface area (TPSA) is 90.0 Å². The Balaban J connectivity index is 1.94. The minimum atomic E-state index is -0.349. The Morgan fingerprint density at radius 2 is 1.95 bits per heavy atom. The number of H-pyrrole nitrogens is 1. The van der Waals surface area contributed by atoms with E-state index in [4.69, 9.17) is 0 Å². The van der Waals surface area contributed by atoms with Crippen LogP contribution in [0.15, 0.2) is 36.9 Å². The molecule has 2 aromatic rings. The number of phenols is 1. The minimum absolute atomic E-state index is 0.174. The van der Waals surface area contributed by atoms with Gasteiger partial charge in [0.1, 0.15) is 5.75 Å². The van der Waals surface area contributed by atoms with E-state index in [9.17, 15) is 9.90 Å². The molecular formula is C15H18N4O2. The van der Waals surface area contributed by atoms with Crippen molar-refractivity contribution >= 4 is 11.6 Å². The van der Waals surface area contributed by atoms with Crippen molar-refractivity contribution in [3.63, 3.8) is 0 Å². The van der Waals surface area contributed by atoms with Crippen LogP contribution in [0.2, 0.25) is 0 Å². The van der Waals surface area contributed by atoms with Gasteiger partial charge in [-0.25, -0.2) is 0 Å². The molecule has 0 spiro atoms. The third-order valence-electron chi connectivity index (χ3n) is 3.00. The average Bonchev–Trinajstić information content (AvgIpc) is 2.95. The molecule has 6 nitrogen and oxygen atoms in total. The first-order valence-corrected chi connectivity index (χ1v) is 6.57. The van der Waals surface area contributed by atoms with Gasteiger partial charge in [0.2, 0.25) is 0 Å². The molecule has 110 valence electrons. The molecule has 1 aromatic carbocycles. The molecular weight excluding hydrogens is 268 g/mol. The van der Waals surface area contributed by atoms with E-state index in [1.54, 1.807) is 30.3 Å². The fraction of sp³-hybridized carbons (Fsp3) is 0.200. The molecule has 0 aliphatic rings. The number of hydrogen-bond acceptors (Lipinski definition) is 4. The molecule has 1 heterocycles. The van der Waals surface area contributed by atoms with Crippen LogP contribution in [0.1, 0.15) is 41.5 Å². The molecule has 6 heteroatoms. The van der Waals surface area contributed by atoms with Crippen LogP contribution in [0.4, 0.5) is 0 Å². The van der Waals surface area contributed by atoms with Crippen LogP contribution in [-0.2, 0) is 0 Å². The Kier molecular flexibility index (Phi) is 4.27. The molecule has 0 aliphatic carbocycles. The highest BCUT2D eigenvalue weighted by atomic mass is 16.3. The van der Waals surface area contributed by atoms with Crippen LogP contribution in [0, 0.1) is 0 Å². The van der Waals surface area contributed by atoms with Crippen LogP contribution in [0.25, 0.3) is 5.70 Å². The number of aromatic hydroxyl groups is 1. The monoisotopic (exact) mass is 286 g/mol. The van der Waals surface area contributed by atoms with Crippen LogP contribution in [0.3, 0.4) is 0 Å². The Morgan fingerprint density at radius 1 is 1.29 bits per heavy atom. The van der Waals surface area contributed by atoms with Gasteiger partial charge < -0.3 is 5.11 Å². The lowest BCUT2D eigenvalue weighted by Gasteiger charge is -2.10. The zero-order valence-electron chi connectivity index (χ0n) is 12.0. The van der Waals surface area contributed by atoms with Crippen LogP contribution in [0.5, 0.6) is 5.75 Å². The van der Waals surface area contributed by atoms with Gasteiger partial charge >= 0.3 is 0 Å².